The summed E-state index contributed by atoms with van der Waals surface area (Å²) in [6.07, 6.45) is 0.521. The van der Waals surface area contributed by atoms with Crippen LogP contribution >= 0.6 is 35.0 Å². The van der Waals surface area contributed by atoms with Crippen LogP contribution in [0.1, 0.15) is 13.3 Å². The molecule has 0 atom stereocenters. The van der Waals surface area contributed by atoms with Crippen LogP contribution in [0.25, 0.3) is 0 Å². The Labute approximate surface area is 185 Å². The summed E-state index contributed by atoms with van der Waals surface area (Å²) in [6.45, 7) is 4.67. The number of anilines is 2. The molecule has 0 saturated carbocycles. The topological polar surface area (TPSA) is 52.7 Å². The van der Waals surface area contributed by atoms with E-state index in [1.807, 2.05) is 36.1 Å². The van der Waals surface area contributed by atoms with E-state index in [1.165, 1.54) is 11.8 Å². The number of thioether (sulfide) groups is 1. The van der Waals surface area contributed by atoms with Gasteiger partial charge in [0.1, 0.15) is 0 Å². The maximum Gasteiger partial charge on any atom is 0.234 e. The first-order valence-electron chi connectivity index (χ1n) is 9.46. The van der Waals surface area contributed by atoms with E-state index in [0.717, 1.165) is 23.7 Å². The Morgan fingerprint density at radius 3 is 2.31 bits per heavy atom. The van der Waals surface area contributed by atoms with Gasteiger partial charge in [0.15, 0.2) is 0 Å². The highest BCUT2D eigenvalue weighted by atomic mass is 35.5. The number of piperazine rings is 1. The van der Waals surface area contributed by atoms with Gasteiger partial charge in [0.2, 0.25) is 11.8 Å². The fourth-order valence-corrected chi connectivity index (χ4v) is 4.17. The van der Waals surface area contributed by atoms with Gasteiger partial charge >= 0.3 is 0 Å². The molecule has 0 aromatic heterocycles. The number of nitrogens with zero attached hydrogens (tertiary/aromatic N) is 2. The molecule has 2 aromatic rings. The molecule has 0 spiro atoms. The number of carbonyl (C=O) groups is 2. The molecule has 1 aliphatic rings. The van der Waals surface area contributed by atoms with E-state index in [0.29, 0.717) is 35.2 Å². The average molecular weight is 452 g/mol. The van der Waals surface area contributed by atoms with Crippen LogP contribution in [0.3, 0.4) is 0 Å². The van der Waals surface area contributed by atoms with Gasteiger partial charge in [-0.25, -0.2) is 0 Å². The zero-order chi connectivity index (χ0) is 20.8. The van der Waals surface area contributed by atoms with Crippen molar-refractivity contribution in [1.29, 1.82) is 0 Å². The Kier molecular flexibility index (Phi) is 7.70. The molecular formula is C21H23Cl2N3O2S. The molecule has 0 bridgehead atoms. The van der Waals surface area contributed by atoms with Gasteiger partial charge in [0, 0.05) is 47.5 Å². The van der Waals surface area contributed by atoms with Crippen molar-refractivity contribution < 1.29 is 9.59 Å². The summed E-state index contributed by atoms with van der Waals surface area (Å²) < 4.78 is 0. The van der Waals surface area contributed by atoms with Crippen LogP contribution in [0.2, 0.25) is 10.0 Å². The normalized spacial score (nSPS) is 14.0. The monoisotopic (exact) mass is 451 g/mol. The minimum Gasteiger partial charge on any atom is -0.366 e. The molecule has 3 rings (SSSR count). The fourth-order valence-electron chi connectivity index (χ4n) is 3.17. The van der Waals surface area contributed by atoms with Crippen LogP contribution in [0, 0.1) is 0 Å². The SMILES string of the molecule is CCC(=O)N1CCN(c2ccc(Cl)cc2NC(=O)CSc2ccc(Cl)cc2)CC1. The number of hydrogen-bond donors (Lipinski definition) is 1. The van der Waals surface area contributed by atoms with E-state index in [4.69, 9.17) is 23.2 Å². The Morgan fingerprint density at radius 2 is 1.66 bits per heavy atom. The quantitative estimate of drug-likeness (QED) is 0.641. The Balaban J connectivity index is 1.63. The molecule has 8 heteroatoms. The highest BCUT2D eigenvalue weighted by Gasteiger charge is 2.22. The summed E-state index contributed by atoms with van der Waals surface area (Å²) in [6, 6.07) is 12.9. The van der Waals surface area contributed by atoms with E-state index in [9.17, 15) is 9.59 Å². The van der Waals surface area contributed by atoms with Gasteiger partial charge < -0.3 is 15.1 Å². The average Bonchev–Trinajstić information content (AvgIpc) is 2.73. The minimum atomic E-state index is -0.103. The molecule has 154 valence electrons. The highest BCUT2D eigenvalue weighted by molar-refractivity contribution is 8.00. The molecule has 5 nitrogen and oxygen atoms in total. The number of nitrogens with one attached hydrogen (secondary N) is 1. The van der Waals surface area contributed by atoms with Gasteiger partial charge in [0.05, 0.1) is 17.1 Å². The third-order valence-corrected chi connectivity index (χ3v) is 6.19. The number of rotatable bonds is 6. The number of amides is 2. The van der Waals surface area contributed by atoms with Crippen LogP contribution in [0.4, 0.5) is 11.4 Å². The summed E-state index contributed by atoms with van der Waals surface area (Å²) >= 11 is 13.5. The molecule has 1 heterocycles. The van der Waals surface area contributed by atoms with E-state index in [-0.39, 0.29) is 17.6 Å². The van der Waals surface area contributed by atoms with E-state index in [1.54, 1.807) is 18.2 Å². The molecule has 0 aliphatic carbocycles. The molecule has 0 radical (unpaired) electrons. The lowest BCUT2D eigenvalue weighted by molar-refractivity contribution is -0.131. The van der Waals surface area contributed by atoms with Gasteiger partial charge in [-0.1, -0.05) is 30.1 Å². The molecule has 2 aromatic carbocycles. The smallest absolute Gasteiger partial charge is 0.234 e. The molecule has 1 fully saturated rings. The zero-order valence-electron chi connectivity index (χ0n) is 16.2. The van der Waals surface area contributed by atoms with Crippen molar-refractivity contribution in [3.05, 3.63) is 52.5 Å². The maximum atomic E-state index is 12.5. The first-order chi connectivity index (χ1) is 14.0. The van der Waals surface area contributed by atoms with Crippen molar-refractivity contribution in [3.8, 4) is 0 Å². The predicted molar refractivity (Wildman–Crippen MR) is 121 cm³/mol. The molecule has 1 saturated heterocycles. The first kappa shape index (κ1) is 21.8. The second-order valence-electron chi connectivity index (χ2n) is 6.67. The standard InChI is InChI=1S/C21H23Cl2N3O2S/c1-2-21(28)26-11-9-25(10-12-26)19-8-5-16(23)13-18(19)24-20(27)14-29-17-6-3-15(22)4-7-17/h3-8,13H,2,9-12,14H2,1H3,(H,24,27). The molecular weight excluding hydrogens is 429 g/mol. The maximum absolute atomic E-state index is 12.5. The predicted octanol–water partition coefficient (Wildman–Crippen LogP) is 4.78. The van der Waals surface area contributed by atoms with Crippen molar-refractivity contribution >= 4 is 58.2 Å². The number of hydrogen-bond acceptors (Lipinski definition) is 4. The Hall–Kier alpha value is -1.89. The summed E-state index contributed by atoms with van der Waals surface area (Å²) in [5.74, 6) is 0.355. The molecule has 1 N–H and O–H groups in total. The lowest BCUT2D eigenvalue weighted by Gasteiger charge is -2.37. The van der Waals surface area contributed by atoms with E-state index >= 15 is 0 Å². The third-order valence-electron chi connectivity index (χ3n) is 4.69. The largest absolute Gasteiger partial charge is 0.366 e. The van der Waals surface area contributed by atoms with Crippen molar-refractivity contribution in [2.75, 3.05) is 42.1 Å². The van der Waals surface area contributed by atoms with Gasteiger partial charge in [-0.05, 0) is 42.5 Å². The van der Waals surface area contributed by atoms with E-state index < -0.39 is 0 Å². The first-order valence-corrected chi connectivity index (χ1v) is 11.2. The fraction of sp³-hybridized carbons (Fsp3) is 0.333. The zero-order valence-corrected chi connectivity index (χ0v) is 18.5. The van der Waals surface area contributed by atoms with Crippen molar-refractivity contribution in [2.45, 2.75) is 18.2 Å². The van der Waals surface area contributed by atoms with Crippen LogP contribution in [0.15, 0.2) is 47.4 Å². The van der Waals surface area contributed by atoms with Gasteiger partial charge in [0.25, 0.3) is 0 Å². The molecule has 1 aliphatic heterocycles. The number of benzene rings is 2. The molecule has 2 amide bonds. The van der Waals surface area contributed by atoms with E-state index in [2.05, 4.69) is 10.2 Å². The number of carbonyl (C=O) groups excluding carboxylic acids is 2. The third kappa shape index (κ3) is 6.04. The lowest BCUT2D eigenvalue weighted by Crippen LogP contribution is -2.48. The Bertz CT molecular complexity index is 869. The summed E-state index contributed by atoms with van der Waals surface area (Å²) in [7, 11) is 0. The van der Waals surface area contributed by atoms with Gasteiger partial charge in [-0.2, -0.15) is 0 Å². The van der Waals surface area contributed by atoms with Crippen LogP contribution < -0.4 is 10.2 Å². The summed E-state index contributed by atoms with van der Waals surface area (Å²) in [5.41, 5.74) is 1.61. The summed E-state index contributed by atoms with van der Waals surface area (Å²) in [4.78, 5) is 29.4. The lowest BCUT2D eigenvalue weighted by atomic mass is 10.2. The minimum absolute atomic E-state index is 0.103. The molecule has 0 unspecified atom stereocenters. The van der Waals surface area contributed by atoms with Gasteiger partial charge in [-0.15, -0.1) is 11.8 Å². The van der Waals surface area contributed by atoms with Crippen LogP contribution in [-0.4, -0.2) is 48.6 Å². The Morgan fingerprint density at radius 1 is 1.00 bits per heavy atom. The highest BCUT2D eigenvalue weighted by Crippen LogP contribution is 2.30. The second-order valence-corrected chi connectivity index (χ2v) is 8.60. The summed E-state index contributed by atoms with van der Waals surface area (Å²) in [5, 5.41) is 4.22. The van der Waals surface area contributed by atoms with Crippen LogP contribution in [0.5, 0.6) is 0 Å². The van der Waals surface area contributed by atoms with Gasteiger partial charge in [-0.3, -0.25) is 9.59 Å². The van der Waals surface area contributed by atoms with Crippen LogP contribution in [-0.2, 0) is 9.59 Å². The molecule has 29 heavy (non-hydrogen) atoms. The van der Waals surface area contributed by atoms with Crippen molar-refractivity contribution in [1.82, 2.24) is 4.90 Å². The van der Waals surface area contributed by atoms with Crippen molar-refractivity contribution in [3.63, 3.8) is 0 Å². The number of halogens is 2. The van der Waals surface area contributed by atoms with Crippen molar-refractivity contribution in [2.24, 2.45) is 0 Å². The second kappa shape index (κ2) is 10.2.